The molecule has 0 aliphatic carbocycles. The minimum Gasteiger partial charge on any atom is -0.508 e. The number of ketones is 2. The number of benzene rings is 5. The number of nitrogens with one attached hydrogen (secondary N) is 3. The number of urea groups is 2. The first-order valence-corrected chi connectivity index (χ1v) is 19.8. The van der Waals surface area contributed by atoms with E-state index in [-0.39, 0.29) is 62.8 Å². The predicted octanol–water partition coefficient (Wildman–Crippen LogP) is 2.58. The van der Waals surface area contributed by atoms with Gasteiger partial charge in [-0.15, -0.1) is 0 Å². The van der Waals surface area contributed by atoms with E-state index in [4.69, 9.17) is 30.6 Å². The van der Waals surface area contributed by atoms with Crippen LogP contribution in [0.1, 0.15) is 71.0 Å². The Morgan fingerprint density at radius 1 is 0.514 bits per heavy atom. The van der Waals surface area contributed by atoms with Crippen LogP contribution in [0.25, 0.3) is 0 Å². The van der Waals surface area contributed by atoms with Crippen LogP contribution in [0, 0.1) is 0 Å². The van der Waals surface area contributed by atoms with Crippen molar-refractivity contribution in [2.45, 2.75) is 31.3 Å². The number of imide groups is 3. The second-order valence-electron chi connectivity index (χ2n) is 14.4. The van der Waals surface area contributed by atoms with E-state index in [0.717, 1.165) is 6.07 Å². The van der Waals surface area contributed by atoms with Gasteiger partial charge in [0.15, 0.2) is 11.6 Å². The highest BCUT2D eigenvalue weighted by molar-refractivity contribution is 6.17. The molecule has 2 aliphatic heterocycles. The maximum Gasteiger partial charge on any atom is 0.336 e. The fourth-order valence-corrected chi connectivity index (χ4v) is 6.23. The van der Waals surface area contributed by atoms with Gasteiger partial charge in [-0.05, 0) is 84.4 Å². The van der Waals surface area contributed by atoms with E-state index >= 15 is 0 Å². The van der Waals surface area contributed by atoms with E-state index < -0.39 is 95.9 Å². The van der Waals surface area contributed by atoms with Crippen LogP contribution >= 0.6 is 0 Å². The first-order valence-electron chi connectivity index (χ1n) is 19.8. The number of hydrogen-bond donors (Lipinski definition) is 12. The molecule has 2 aliphatic rings. The Kier molecular flexibility index (Phi) is 17.5. The van der Waals surface area contributed by atoms with E-state index in [1.54, 1.807) is 12.1 Å². The lowest BCUT2D eigenvalue weighted by molar-refractivity contribution is -0.142. The molecular weight excluding hydrogens is 929 g/mol. The second kappa shape index (κ2) is 23.4. The van der Waals surface area contributed by atoms with Gasteiger partial charge in [0.1, 0.15) is 40.8 Å². The Hall–Kier alpha value is -10.1. The van der Waals surface area contributed by atoms with Gasteiger partial charge in [0, 0.05) is 16.7 Å². The van der Waals surface area contributed by atoms with Crippen molar-refractivity contribution in [2.75, 3.05) is 0 Å². The molecule has 0 aromatic heterocycles. The standard InChI is InChI=1S/2C14H10O5.C10H10N4O7.C8H8O3/c15-9-3-1-8(2-4-9)13(17)12-7-10(16)5-6-11(12)14(18)19;15-9-4-1-3-8(7-9)13(17)12-10(14(18)19)5-2-6-11(12)16;15-5(1-3-7(18)12-9(20)11-3)14-4(2-6(16)17)8(19)13-10(14)21;9-7-3-1-6(2-4-7)5-8(10)11/h2*1-7,15-16H,(H,18,19);3-4H,1-2H2,(H,16,17)(H,13,19,21)(H2,11,12,18,20);1-4,9H,5H2,(H,10,11). The Balaban J connectivity index is 0.000000207. The second-order valence-corrected chi connectivity index (χ2v) is 14.4. The molecule has 0 spiro atoms. The number of aliphatic carboxylic acids is 2. The number of aromatic hydroxyl groups is 5. The molecule has 24 nitrogen and oxygen atoms in total. The third-order valence-electron chi connectivity index (χ3n) is 9.44. The summed E-state index contributed by atoms with van der Waals surface area (Å²) in [6.07, 6.45) is -1.30. The number of phenolic OH excluding ortho intramolecular Hbond substituents is 5. The molecule has 2 saturated heterocycles. The number of hydrogen-bond acceptors (Lipinski definition) is 16. The van der Waals surface area contributed by atoms with Crippen LogP contribution in [0.5, 0.6) is 28.7 Å². The molecule has 2 unspecified atom stereocenters. The molecule has 5 aromatic carbocycles. The molecule has 2 atom stereocenters. The summed E-state index contributed by atoms with van der Waals surface area (Å²) in [7, 11) is 0. The topological polar surface area (TPSA) is 409 Å². The molecule has 2 heterocycles. The van der Waals surface area contributed by atoms with Crippen molar-refractivity contribution in [1.29, 1.82) is 0 Å². The van der Waals surface area contributed by atoms with Crippen molar-refractivity contribution < 1.29 is 98.7 Å². The van der Waals surface area contributed by atoms with E-state index in [1.165, 1.54) is 91.0 Å². The number of phenols is 5. The van der Waals surface area contributed by atoms with Gasteiger partial charge in [-0.3, -0.25) is 49.1 Å². The molecule has 7 amide bonds. The Morgan fingerprint density at radius 2 is 1.09 bits per heavy atom. The number of carbonyl (C=O) groups is 11. The van der Waals surface area contributed by atoms with Crippen molar-refractivity contribution in [3.05, 3.63) is 148 Å². The number of nitrogens with zero attached hydrogens (tertiary/aromatic N) is 1. The predicted molar refractivity (Wildman–Crippen MR) is 234 cm³/mol. The summed E-state index contributed by atoms with van der Waals surface area (Å²) in [5, 5.41) is 87.4. The highest BCUT2D eigenvalue weighted by Gasteiger charge is 2.45. The fraction of sp³-hybridized carbons (Fsp3) is 0.109. The van der Waals surface area contributed by atoms with Gasteiger partial charge in [-0.25, -0.2) is 19.2 Å². The molecule has 2 fully saturated rings. The number of rotatable bonds is 12. The van der Waals surface area contributed by atoms with Crippen LogP contribution < -0.4 is 16.0 Å². The van der Waals surface area contributed by atoms with Gasteiger partial charge in [0.05, 0.1) is 36.0 Å². The largest absolute Gasteiger partial charge is 0.508 e. The summed E-state index contributed by atoms with van der Waals surface area (Å²) in [5.41, 5.74) is 0.160. The zero-order valence-corrected chi connectivity index (χ0v) is 35.6. The van der Waals surface area contributed by atoms with Crippen LogP contribution in [0.2, 0.25) is 0 Å². The highest BCUT2D eigenvalue weighted by atomic mass is 16.4. The van der Waals surface area contributed by atoms with Crippen LogP contribution in [-0.4, -0.2) is 128 Å². The van der Waals surface area contributed by atoms with Crippen LogP contribution in [0.15, 0.2) is 109 Å². The van der Waals surface area contributed by atoms with Crippen molar-refractivity contribution in [3.8, 4) is 28.7 Å². The number of carbonyl (C=O) groups excluding carboxylic acids is 7. The van der Waals surface area contributed by atoms with E-state index in [0.29, 0.717) is 10.5 Å². The Morgan fingerprint density at radius 3 is 1.63 bits per heavy atom. The van der Waals surface area contributed by atoms with Gasteiger partial charge in [0.2, 0.25) is 5.91 Å². The Bertz CT molecular complexity index is 2900. The minimum absolute atomic E-state index is 0.000278. The van der Waals surface area contributed by atoms with Gasteiger partial charge >= 0.3 is 35.9 Å². The van der Waals surface area contributed by atoms with Crippen molar-refractivity contribution in [1.82, 2.24) is 20.9 Å². The normalized spacial score (nSPS) is 14.4. The third kappa shape index (κ3) is 14.2. The monoisotopic (exact) mass is 966 g/mol. The molecular formula is C46H38N4O20. The van der Waals surface area contributed by atoms with E-state index in [2.05, 4.69) is 5.32 Å². The molecule has 362 valence electrons. The first kappa shape index (κ1) is 52.5. The van der Waals surface area contributed by atoms with E-state index in [1.807, 2.05) is 10.6 Å². The van der Waals surface area contributed by atoms with Gasteiger partial charge in [0.25, 0.3) is 11.8 Å². The summed E-state index contributed by atoms with van der Waals surface area (Å²) < 4.78 is 0. The van der Waals surface area contributed by atoms with Crippen molar-refractivity contribution in [3.63, 3.8) is 0 Å². The quantitative estimate of drug-likeness (QED) is 0.0631. The van der Waals surface area contributed by atoms with Gasteiger partial charge < -0.3 is 51.3 Å². The zero-order valence-electron chi connectivity index (χ0n) is 35.6. The summed E-state index contributed by atoms with van der Waals surface area (Å²) in [6.45, 7) is 0. The molecule has 0 bridgehead atoms. The SMILES string of the molecule is O=C(O)CC1C(=O)NC(=O)N1C(=O)CC1NC(=O)NC1=O.O=C(O)Cc1ccc(O)cc1.O=C(O)c1ccc(O)cc1C(=O)c1ccc(O)cc1.O=C(O)c1cccc(O)c1C(=O)c1cccc(O)c1. The minimum atomic E-state index is -1.47. The number of carboxylic acid groups (broad SMARTS) is 4. The van der Waals surface area contributed by atoms with Crippen molar-refractivity contribution >= 4 is 65.2 Å². The lowest BCUT2D eigenvalue weighted by Gasteiger charge is -2.19. The number of aromatic carboxylic acids is 2. The molecule has 5 aromatic rings. The fourth-order valence-electron chi connectivity index (χ4n) is 6.23. The maximum atomic E-state index is 12.2. The van der Waals surface area contributed by atoms with Crippen LogP contribution in [-0.2, 0) is 30.4 Å². The zero-order chi connectivity index (χ0) is 52.0. The van der Waals surface area contributed by atoms with E-state index in [9.17, 15) is 68.1 Å². The smallest absolute Gasteiger partial charge is 0.336 e. The molecule has 24 heteroatoms. The molecule has 12 N–H and O–H groups in total. The maximum absolute atomic E-state index is 12.2. The molecule has 0 radical (unpaired) electrons. The number of amides is 7. The Labute approximate surface area is 392 Å². The van der Waals surface area contributed by atoms with Gasteiger partial charge in [-0.1, -0.05) is 30.3 Å². The van der Waals surface area contributed by atoms with Crippen LogP contribution in [0.3, 0.4) is 0 Å². The average molecular weight is 967 g/mol. The lowest BCUT2D eigenvalue weighted by atomic mass is 9.97. The molecule has 7 rings (SSSR count). The van der Waals surface area contributed by atoms with Crippen LogP contribution in [0.4, 0.5) is 9.59 Å². The van der Waals surface area contributed by atoms with Crippen molar-refractivity contribution in [2.24, 2.45) is 0 Å². The molecule has 0 saturated carbocycles. The lowest BCUT2D eigenvalue weighted by Crippen LogP contribution is -2.44. The highest BCUT2D eigenvalue weighted by Crippen LogP contribution is 2.26. The van der Waals surface area contributed by atoms with Gasteiger partial charge in [-0.2, -0.15) is 0 Å². The summed E-state index contributed by atoms with van der Waals surface area (Å²) >= 11 is 0. The summed E-state index contributed by atoms with van der Waals surface area (Å²) in [5.74, 6) is -9.12. The summed E-state index contributed by atoms with van der Waals surface area (Å²) in [6, 6.07) is 19.9. The average Bonchev–Trinajstić information content (AvgIpc) is 3.76. The summed E-state index contributed by atoms with van der Waals surface area (Å²) in [4.78, 5) is 125. The number of carboxylic acids is 4. The first-order chi connectivity index (χ1) is 33.0. The molecule has 70 heavy (non-hydrogen) atoms. The third-order valence-corrected chi connectivity index (χ3v) is 9.44.